The van der Waals surface area contributed by atoms with Gasteiger partial charge >= 0.3 is 0 Å². The minimum atomic E-state index is 0.0137. The number of ether oxygens (including phenoxy) is 1. The summed E-state index contributed by atoms with van der Waals surface area (Å²) in [7, 11) is 1.67. The first-order chi connectivity index (χ1) is 9.72. The smallest absolute Gasteiger partial charge is 0.161 e. The van der Waals surface area contributed by atoms with Crippen LogP contribution in [0.25, 0.3) is 0 Å². The van der Waals surface area contributed by atoms with E-state index in [9.17, 15) is 0 Å². The van der Waals surface area contributed by atoms with Crippen LogP contribution >= 0.6 is 22.9 Å². The van der Waals surface area contributed by atoms with E-state index in [4.69, 9.17) is 16.3 Å². The zero-order chi connectivity index (χ0) is 14.5. The fourth-order valence-corrected chi connectivity index (χ4v) is 3.43. The molecule has 2 aromatic rings. The second-order valence-corrected chi connectivity index (χ2v) is 5.79. The van der Waals surface area contributed by atoms with Crippen molar-refractivity contribution in [3.05, 3.63) is 33.2 Å². The molecular formula is C14H20ClN3OS. The van der Waals surface area contributed by atoms with Crippen LogP contribution in [0.1, 0.15) is 36.9 Å². The summed E-state index contributed by atoms with van der Waals surface area (Å²) < 4.78 is 7.43. The average Bonchev–Trinajstić information content (AvgIpc) is 3.06. The second-order valence-electron chi connectivity index (χ2n) is 4.43. The molecule has 110 valence electrons. The van der Waals surface area contributed by atoms with E-state index < -0.39 is 0 Å². The Labute approximate surface area is 128 Å². The molecule has 2 rings (SSSR count). The molecule has 4 nitrogen and oxygen atoms in total. The Hall–Kier alpha value is -1.04. The van der Waals surface area contributed by atoms with E-state index in [2.05, 4.69) is 24.3 Å². The molecule has 0 aliphatic carbocycles. The third kappa shape index (κ3) is 3.00. The highest BCUT2D eigenvalue weighted by molar-refractivity contribution is 7.10. The SMILES string of the molecule is CCCNC(c1sccc1Cl)c1c(OC)cnn1CC. The molecule has 0 fully saturated rings. The molecule has 6 heteroatoms. The van der Waals surface area contributed by atoms with Crippen LogP contribution in [0.4, 0.5) is 0 Å². The van der Waals surface area contributed by atoms with Crippen LogP contribution in [-0.2, 0) is 6.54 Å². The van der Waals surface area contributed by atoms with Gasteiger partial charge in [-0.1, -0.05) is 18.5 Å². The van der Waals surface area contributed by atoms with Crippen molar-refractivity contribution < 1.29 is 4.74 Å². The Kier molecular flexibility index (Phi) is 5.46. The lowest BCUT2D eigenvalue weighted by Crippen LogP contribution is -2.25. The molecule has 0 radical (unpaired) electrons. The van der Waals surface area contributed by atoms with E-state index in [1.807, 2.05) is 16.1 Å². The van der Waals surface area contributed by atoms with Crippen LogP contribution in [0, 0.1) is 0 Å². The van der Waals surface area contributed by atoms with Gasteiger partial charge in [-0.3, -0.25) is 4.68 Å². The molecule has 0 aliphatic rings. The van der Waals surface area contributed by atoms with Crippen molar-refractivity contribution in [1.29, 1.82) is 0 Å². The third-order valence-corrected chi connectivity index (χ3v) is 4.57. The van der Waals surface area contributed by atoms with Gasteiger partial charge in [-0.2, -0.15) is 5.10 Å². The Morgan fingerprint density at radius 2 is 2.30 bits per heavy atom. The highest BCUT2D eigenvalue weighted by Gasteiger charge is 2.25. The number of rotatable bonds is 7. The minimum absolute atomic E-state index is 0.0137. The van der Waals surface area contributed by atoms with E-state index >= 15 is 0 Å². The van der Waals surface area contributed by atoms with Gasteiger partial charge in [-0.05, 0) is 31.3 Å². The van der Waals surface area contributed by atoms with Crippen LogP contribution < -0.4 is 10.1 Å². The molecule has 0 saturated carbocycles. The van der Waals surface area contributed by atoms with Crippen molar-refractivity contribution in [3.8, 4) is 5.75 Å². The van der Waals surface area contributed by atoms with Gasteiger partial charge in [0.05, 0.1) is 24.4 Å². The predicted octanol–water partition coefficient (Wildman–Crippen LogP) is 3.72. The van der Waals surface area contributed by atoms with Crippen molar-refractivity contribution in [3.63, 3.8) is 0 Å². The van der Waals surface area contributed by atoms with Gasteiger partial charge in [0.15, 0.2) is 5.75 Å². The minimum Gasteiger partial charge on any atom is -0.493 e. The normalized spacial score (nSPS) is 12.6. The van der Waals surface area contributed by atoms with Gasteiger partial charge in [-0.15, -0.1) is 11.3 Å². The molecule has 0 aromatic carbocycles. The van der Waals surface area contributed by atoms with Gasteiger partial charge < -0.3 is 10.1 Å². The molecular weight excluding hydrogens is 294 g/mol. The summed E-state index contributed by atoms with van der Waals surface area (Å²) in [4.78, 5) is 1.11. The fraction of sp³-hybridized carbons (Fsp3) is 0.500. The molecule has 20 heavy (non-hydrogen) atoms. The molecule has 0 bridgehead atoms. The Morgan fingerprint density at radius 1 is 1.50 bits per heavy atom. The maximum Gasteiger partial charge on any atom is 0.161 e. The lowest BCUT2D eigenvalue weighted by molar-refractivity contribution is 0.399. The number of halogens is 1. The van der Waals surface area contributed by atoms with E-state index in [0.717, 1.165) is 40.9 Å². The first kappa shape index (κ1) is 15.4. The van der Waals surface area contributed by atoms with E-state index in [1.54, 1.807) is 24.6 Å². The quantitative estimate of drug-likeness (QED) is 0.847. The standard InChI is InChI=1S/C14H20ClN3OS/c1-4-7-16-12(14-10(15)6-8-20-14)13-11(19-3)9-17-18(13)5-2/h6,8-9,12,16H,4-5,7H2,1-3H3. The van der Waals surface area contributed by atoms with Gasteiger partial charge in [-0.25, -0.2) is 0 Å². The molecule has 0 spiro atoms. The van der Waals surface area contributed by atoms with E-state index in [-0.39, 0.29) is 6.04 Å². The fourth-order valence-electron chi connectivity index (χ4n) is 2.19. The van der Waals surface area contributed by atoms with Crippen LogP contribution in [0.5, 0.6) is 5.75 Å². The second kappa shape index (κ2) is 7.11. The number of hydrogen-bond donors (Lipinski definition) is 1. The highest BCUT2D eigenvalue weighted by atomic mass is 35.5. The average molecular weight is 314 g/mol. The van der Waals surface area contributed by atoms with Crippen molar-refractivity contribution in [2.24, 2.45) is 0 Å². The first-order valence-electron chi connectivity index (χ1n) is 6.78. The van der Waals surface area contributed by atoms with Crippen LogP contribution in [0.15, 0.2) is 17.6 Å². The molecule has 2 heterocycles. The van der Waals surface area contributed by atoms with E-state index in [1.165, 1.54) is 0 Å². The maximum atomic E-state index is 6.32. The molecule has 1 unspecified atom stereocenters. The maximum absolute atomic E-state index is 6.32. The predicted molar refractivity (Wildman–Crippen MR) is 83.9 cm³/mol. The van der Waals surface area contributed by atoms with Crippen molar-refractivity contribution in [2.75, 3.05) is 13.7 Å². The van der Waals surface area contributed by atoms with Gasteiger partial charge in [0, 0.05) is 11.4 Å². The zero-order valence-corrected chi connectivity index (χ0v) is 13.6. The summed E-state index contributed by atoms with van der Waals surface area (Å²) >= 11 is 7.97. The Morgan fingerprint density at radius 3 is 2.85 bits per heavy atom. The summed E-state index contributed by atoms with van der Waals surface area (Å²) in [6, 6.07) is 1.95. The number of nitrogens with one attached hydrogen (secondary N) is 1. The van der Waals surface area contributed by atoms with E-state index in [0.29, 0.717) is 0 Å². The molecule has 2 aromatic heterocycles. The van der Waals surface area contributed by atoms with Crippen LogP contribution in [-0.4, -0.2) is 23.4 Å². The van der Waals surface area contributed by atoms with Crippen molar-refractivity contribution in [1.82, 2.24) is 15.1 Å². The number of hydrogen-bond acceptors (Lipinski definition) is 4. The van der Waals surface area contributed by atoms with Gasteiger partial charge in [0.25, 0.3) is 0 Å². The summed E-state index contributed by atoms with van der Waals surface area (Å²) in [5.74, 6) is 0.796. The number of aromatic nitrogens is 2. The summed E-state index contributed by atoms with van der Waals surface area (Å²) in [5, 5.41) is 10.7. The first-order valence-corrected chi connectivity index (χ1v) is 8.04. The third-order valence-electron chi connectivity index (χ3n) is 3.14. The number of thiophene rings is 1. The zero-order valence-electron chi connectivity index (χ0n) is 12.0. The van der Waals surface area contributed by atoms with Crippen LogP contribution in [0.3, 0.4) is 0 Å². The Balaban J connectivity index is 2.46. The monoisotopic (exact) mass is 313 g/mol. The van der Waals surface area contributed by atoms with Gasteiger partial charge in [0.2, 0.25) is 0 Å². The summed E-state index contributed by atoms with van der Waals surface area (Å²) in [5.41, 5.74) is 1.04. The number of aryl methyl sites for hydroxylation is 1. The summed E-state index contributed by atoms with van der Waals surface area (Å²) in [6.45, 7) is 5.93. The molecule has 1 atom stereocenters. The van der Waals surface area contributed by atoms with Gasteiger partial charge in [0.1, 0.15) is 5.69 Å². The largest absolute Gasteiger partial charge is 0.493 e. The lowest BCUT2D eigenvalue weighted by atomic mass is 10.1. The highest BCUT2D eigenvalue weighted by Crippen LogP contribution is 2.36. The summed E-state index contributed by atoms with van der Waals surface area (Å²) in [6.07, 6.45) is 2.82. The lowest BCUT2D eigenvalue weighted by Gasteiger charge is -2.20. The van der Waals surface area contributed by atoms with Crippen molar-refractivity contribution >= 4 is 22.9 Å². The van der Waals surface area contributed by atoms with Crippen LogP contribution in [0.2, 0.25) is 5.02 Å². The number of nitrogens with zero attached hydrogens (tertiary/aromatic N) is 2. The number of methoxy groups -OCH3 is 1. The van der Waals surface area contributed by atoms with Crippen molar-refractivity contribution in [2.45, 2.75) is 32.9 Å². The molecule has 0 amide bonds. The molecule has 0 saturated heterocycles. The topological polar surface area (TPSA) is 39.1 Å². The molecule has 1 N–H and O–H groups in total. The Bertz CT molecular complexity index is 531. The molecule has 0 aliphatic heterocycles.